The van der Waals surface area contributed by atoms with Crippen molar-refractivity contribution in [3.8, 4) is 0 Å². The normalized spacial score (nSPS) is 16.7. The SMILES string of the molecule is CC/C=C\C/C=C\C/C=C\C/C=C\C/C=C\C/C=C\CCC(=O)N1CC[C@H](NC(=O)/C=C/C(=O)OC)C1. The smallest absolute Gasteiger partial charge is 0.330 e. The number of allylic oxidation sites excluding steroid dienone is 12. The molecule has 1 aliphatic heterocycles. The zero-order valence-corrected chi connectivity index (χ0v) is 22.5. The van der Waals surface area contributed by atoms with Crippen LogP contribution in [0.2, 0.25) is 0 Å². The van der Waals surface area contributed by atoms with Gasteiger partial charge in [0.1, 0.15) is 0 Å². The van der Waals surface area contributed by atoms with Crippen LogP contribution in [-0.4, -0.2) is 48.9 Å². The summed E-state index contributed by atoms with van der Waals surface area (Å²) in [7, 11) is 1.26. The lowest BCUT2D eigenvalue weighted by molar-refractivity contribution is -0.135. The van der Waals surface area contributed by atoms with Gasteiger partial charge in [0.15, 0.2) is 0 Å². The summed E-state index contributed by atoms with van der Waals surface area (Å²) in [5.41, 5.74) is 0. The van der Waals surface area contributed by atoms with Crippen LogP contribution in [0.1, 0.15) is 64.7 Å². The van der Waals surface area contributed by atoms with Crippen molar-refractivity contribution in [2.45, 2.75) is 70.8 Å². The lowest BCUT2D eigenvalue weighted by Crippen LogP contribution is -2.37. The molecular weight excluding hydrogens is 464 g/mol. The van der Waals surface area contributed by atoms with Gasteiger partial charge >= 0.3 is 5.97 Å². The van der Waals surface area contributed by atoms with Gasteiger partial charge in [0.2, 0.25) is 11.8 Å². The van der Waals surface area contributed by atoms with Gasteiger partial charge in [-0.2, -0.15) is 0 Å². The van der Waals surface area contributed by atoms with Crippen molar-refractivity contribution in [3.05, 3.63) is 85.1 Å². The van der Waals surface area contributed by atoms with Crippen molar-refractivity contribution in [3.63, 3.8) is 0 Å². The number of nitrogens with one attached hydrogen (secondary N) is 1. The van der Waals surface area contributed by atoms with Gasteiger partial charge < -0.3 is 15.0 Å². The lowest BCUT2D eigenvalue weighted by atomic mass is 10.2. The molecule has 1 N–H and O–H groups in total. The molecule has 1 aliphatic rings. The summed E-state index contributed by atoms with van der Waals surface area (Å²) in [4.78, 5) is 37.0. The van der Waals surface area contributed by atoms with Gasteiger partial charge in [-0.3, -0.25) is 9.59 Å². The van der Waals surface area contributed by atoms with Crippen LogP contribution in [0.25, 0.3) is 0 Å². The highest BCUT2D eigenvalue weighted by Crippen LogP contribution is 2.12. The van der Waals surface area contributed by atoms with Crippen LogP contribution in [0.4, 0.5) is 0 Å². The molecule has 2 amide bonds. The zero-order valence-electron chi connectivity index (χ0n) is 22.5. The first kappa shape index (κ1) is 31.6. The fourth-order valence-electron chi connectivity index (χ4n) is 3.57. The van der Waals surface area contributed by atoms with E-state index in [1.807, 2.05) is 6.08 Å². The molecule has 37 heavy (non-hydrogen) atoms. The Bertz CT molecular complexity index is 878. The highest BCUT2D eigenvalue weighted by molar-refractivity contribution is 5.94. The number of ether oxygens (including phenoxy) is 1. The Morgan fingerprint density at radius 2 is 1.30 bits per heavy atom. The predicted molar refractivity (Wildman–Crippen MR) is 152 cm³/mol. The van der Waals surface area contributed by atoms with Gasteiger partial charge in [-0.25, -0.2) is 4.79 Å². The third-order valence-corrected chi connectivity index (χ3v) is 5.58. The first-order valence-corrected chi connectivity index (χ1v) is 13.3. The van der Waals surface area contributed by atoms with Gasteiger partial charge in [0.25, 0.3) is 0 Å². The van der Waals surface area contributed by atoms with Crippen molar-refractivity contribution >= 4 is 17.8 Å². The highest BCUT2D eigenvalue weighted by atomic mass is 16.5. The predicted octanol–water partition coefficient (Wildman–Crippen LogP) is 5.91. The van der Waals surface area contributed by atoms with Crippen LogP contribution in [0.5, 0.6) is 0 Å². The van der Waals surface area contributed by atoms with Crippen LogP contribution in [-0.2, 0) is 19.1 Å². The van der Waals surface area contributed by atoms with E-state index in [1.165, 1.54) is 7.11 Å². The van der Waals surface area contributed by atoms with Crippen LogP contribution in [0, 0.1) is 0 Å². The summed E-state index contributed by atoms with van der Waals surface area (Å²) in [5, 5.41) is 2.81. The molecule has 0 spiro atoms. The van der Waals surface area contributed by atoms with Crippen molar-refractivity contribution in [2.75, 3.05) is 20.2 Å². The van der Waals surface area contributed by atoms with E-state index < -0.39 is 5.97 Å². The molecule has 6 heteroatoms. The zero-order chi connectivity index (χ0) is 27.0. The number of hydrogen-bond donors (Lipinski definition) is 1. The molecule has 0 saturated carbocycles. The Labute approximate surface area is 223 Å². The molecule has 6 nitrogen and oxygen atoms in total. The van der Waals surface area contributed by atoms with Gasteiger partial charge in [-0.15, -0.1) is 0 Å². The topological polar surface area (TPSA) is 75.7 Å². The quantitative estimate of drug-likeness (QED) is 0.151. The van der Waals surface area contributed by atoms with Crippen LogP contribution >= 0.6 is 0 Å². The number of likely N-dealkylation sites (tertiary alicyclic amines) is 1. The van der Waals surface area contributed by atoms with Gasteiger partial charge in [-0.1, -0.05) is 79.8 Å². The summed E-state index contributed by atoms with van der Waals surface area (Å²) in [5.74, 6) is -0.836. The van der Waals surface area contributed by atoms with Crippen LogP contribution in [0.15, 0.2) is 85.1 Å². The van der Waals surface area contributed by atoms with Gasteiger partial charge in [-0.05, 0) is 51.4 Å². The Morgan fingerprint density at radius 1 is 0.784 bits per heavy atom. The lowest BCUT2D eigenvalue weighted by Gasteiger charge is -2.16. The Balaban J connectivity index is 2.08. The van der Waals surface area contributed by atoms with Crippen LogP contribution < -0.4 is 5.32 Å². The largest absolute Gasteiger partial charge is 0.466 e. The second-order valence-electron chi connectivity index (χ2n) is 8.64. The standard InChI is InChI=1S/C31H44N2O4/c1-3-4-5-6-7-8-9-10-11-12-13-14-15-16-17-18-19-20-21-22-30(35)33-26-25-28(27-33)32-29(34)23-24-31(36)37-2/h4-5,7-8,10-11,13-14,16-17,19-20,23-24,28H,3,6,9,12,15,18,21-22,25-27H2,1-2H3,(H,32,34)/b5-4-,8-7-,11-10-,14-13-,17-16-,20-19-,24-23+/t28-/m0/s1. The number of carbonyl (C=O) groups excluding carboxylic acids is 3. The Morgan fingerprint density at radius 3 is 1.81 bits per heavy atom. The maximum absolute atomic E-state index is 12.4. The molecule has 0 aliphatic carbocycles. The average Bonchev–Trinajstić information content (AvgIpc) is 3.37. The molecule has 1 rings (SSSR count). The summed E-state index contributed by atoms with van der Waals surface area (Å²) in [6.45, 7) is 3.28. The minimum atomic E-state index is -0.576. The number of carbonyl (C=O) groups is 3. The second-order valence-corrected chi connectivity index (χ2v) is 8.64. The molecule has 1 fully saturated rings. The van der Waals surface area contributed by atoms with Gasteiger partial charge in [0, 0.05) is 37.7 Å². The van der Waals surface area contributed by atoms with Crippen molar-refractivity contribution in [2.24, 2.45) is 0 Å². The average molecular weight is 509 g/mol. The van der Waals surface area contributed by atoms with Crippen molar-refractivity contribution in [1.29, 1.82) is 0 Å². The van der Waals surface area contributed by atoms with E-state index in [0.29, 0.717) is 32.4 Å². The number of rotatable bonds is 17. The Kier molecular flexibility index (Phi) is 18.7. The summed E-state index contributed by atoms with van der Waals surface area (Å²) in [6.07, 6.45) is 35.9. The number of esters is 1. The maximum Gasteiger partial charge on any atom is 0.330 e. The van der Waals surface area contributed by atoms with E-state index in [-0.39, 0.29) is 17.9 Å². The highest BCUT2D eigenvalue weighted by Gasteiger charge is 2.26. The molecule has 0 aromatic rings. The molecule has 202 valence electrons. The number of methoxy groups -OCH3 is 1. The second kappa shape index (κ2) is 21.8. The fourth-order valence-corrected chi connectivity index (χ4v) is 3.57. The number of hydrogen-bond acceptors (Lipinski definition) is 4. The van der Waals surface area contributed by atoms with Gasteiger partial charge in [0.05, 0.1) is 7.11 Å². The fraction of sp³-hybridized carbons (Fsp3) is 0.452. The van der Waals surface area contributed by atoms with Crippen LogP contribution in [0.3, 0.4) is 0 Å². The molecule has 0 radical (unpaired) electrons. The third-order valence-electron chi connectivity index (χ3n) is 5.58. The maximum atomic E-state index is 12.4. The van der Waals surface area contributed by atoms with E-state index in [0.717, 1.165) is 50.7 Å². The van der Waals surface area contributed by atoms with E-state index in [9.17, 15) is 14.4 Å². The van der Waals surface area contributed by atoms with Crippen molar-refractivity contribution in [1.82, 2.24) is 10.2 Å². The molecule has 0 aromatic heterocycles. The number of amides is 2. The molecule has 1 saturated heterocycles. The molecule has 0 unspecified atom stereocenters. The summed E-state index contributed by atoms with van der Waals surface area (Å²) in [6, 6.07) is -0.0929. The first-order valence-electron chi connectivity index (χ1n) is 13.3. The number of nitrogens with zero attached hydrogens (tertiary/aromatic N) is 1. The van der Waals surface area contributed by atoms with E-state index in [2.05, 4.69) is 83.8 Å². The molecule has 1 atom stereocenters. The minimum absolute atomic E-state index is 0.0929. The minimum Gasteiger partial charge on any atom is -0.466 e. The third kappa shape index (κ3) is 17.6. The summed E-state index contributed by atoms with van der Waals surface area (Å²) < 4.78 is 4.46. The van der Waals surface area contributed by atoms with E-state index >= 15 is 0 Å². The molecule has 0 aromatic carbocycles. The molecular formula is C31H44N2O4. The first-order chi connectivity index (χ1) is 18.1. The molecule has 1 heterocycles. The van der Waals surface area contributed by atoms with E-state index in [4.69, 9.17) is 0 Å². The van der Waals surface area contributed by atoms with Crippen molar-refractivity contribution < 1.29 is 19.1 Å². The molecule has 0 bridgehead atoms. The van der Waals surface area contributed by atoms with E-state index in [1.54, 1.807) is 4.90 Å². The monoisotopic (exact) mass is 508 g/mol. The Hall–Kier alpha value is -3.41. The summed E-state index contributed by atoms with van der Waals surface area (Å²) >= 11 is 0.